The Labute approximate surface area is 141 Å². The van der Waals surface area contributed by atoms with E-state index in [-0.39, 0.29) is 24.3 Å². The van der Waals surface area contributed by atoms with Gasteiger partial charge in [0.05, 0.1) is 12.7 Å². The van der Waals surface area contributed by atoms with E-state index in [1.165, 1.54) is 7.05 Å². The minimum atomic E-state index is -0.314. The first-order valence-electron chi connectivity index (χ1n) is 8.14. The number of hydrogen-bond donors (Lipinski definition) is 1. The SMILES string of the molecule is COc1ccccc1C1=C(N2CCCC(CO)C2)C(=O)N(C)C1=O. The molecule has 3 rings (SSSR count). The van der Waals surface area contributed by atoms with Crippen LogP contribution in [0.4, 0.5) is 0 Å². The fraction of sp³-hybridized carbons (Fsp3) is 0.444. The topological polar surface area (TPSA) is 70.1 Å². The van der Waals surface area contributed by atoms with Gasteiger partial charge in [-0.3, -0.25) is 14.5 Å². The number of carbonyl (C=O) groups excluding carboxylic acids is 2. The first-order chi connectivity index (χ1) is 11.6. The highest BCUT2D eigenvalue weighted by molar-refractivity contribution is 6.35. The summed E-state index contributed by atoms with van der Waals surface area (Å²) in [4.78, 5) is 28.5. The second-order valence-electron chi connectivity index (χ2n) is 6.23. The third kappa shape index (κ3) is 2.67. The van der Waals surface area contributed by atoms with Crippen molar-refractivity contribution in [3.05, 3.63) is 35.5 Å². The number of benzene rings is 1. The zero-order chi connectivity index (χ0) is 17.3. The maximum absolute atomic E-state index is 12.7. The maximum Gasteiger partial charge on any atom is 0.277 e. The van der Waals surface area contributed by atoms with Gasteiger partial charge in [0.15, 0.2) is 0 Å². The molecule has 0 aliphatic carbocycles. The Morgan fingerprint density at radius 1 is 1.25 bits per heavy atom. The zero-order valence-electron chi connectivity index (χ0n) is 14.0. The van der Waals surface area contributed by atoms with Crippen LogP contribution in [0.2, 0.25) is 0 Å². The van der Waals surface area contributed by atoms with Crippen molar-refractivity contribution in [1.82, 2.24) is 9.80 Å². The molecule has 1 aromatic rings. The lowest BCUT2D eigenvalue weighted by atomic mass is 9.96. The number of aliphatic hydroxyl groups excluding tert-OH is 1. The van der Waals surface area contributed by atoms with Crippen LogP contribution in [0, 0.1) is 5.92 Å². The van der Waals surface area contributed by atoms with E-state index in [0.717, 1.165) is 17.7 Å². The van der Waals surface area contributed by atoms with Gasteiger partial charge in [-0.15, -0.1) is 0 Å². The Hall–Kier alpha value is -2.34. The molecule has 2 aliphatic heterocycles. The number of carbonyl (C=O) groups is 2. The molecular formula is C18H22N2O4. The summed E-state index contributed by atoms with van der Waals surface area (Å²) in [5.41, 5.74) is 1.44. The van der Waals surface area contributed by atoms with Crippen molar-refractivity contribution in [2.45, 2.75) is 12.8 Å². The summed E-state index contributed by atoms with van der Waals surface area (Å²) in [5.74, 6) is 0.0845. The van der Waals surface area contributed by atoms with Gasteiger partial charge in [-0.1, -0.05) is 18.2 Å². The third-order valence-corrected chi connectivity index (χ3v) is 4.73. The molecule has 1 unspecified atom stereocenters. The van der Waals surface area contributed by atoms with E-state index in [0.29, 0.717) is 35.7 Å². The van der Waals surface area contributed by atoms with Gasteiger partial charge in [-0.05, 0) is 24.8 Å². The molecule has 0 aromatic heterocycles. The van der Waals surface area contributed by atoms with E-state index < -0.39 is 0 Å². The number of hydrogen-bond acceptors (Lipinski definition) is 5. The molecule has 2 aliphatic rings. The second kappa shape index (κ2) is 6.65. The molecule has 1 atom stereocenters. The van der Waals surface area contributed by atoms with Gasteiger partial charge in [0, 0.05) is 32.3 Å². The molecule has 6 nitrogen and oxygen atoms in total. The van der Waals surface area contributed by atoms with Crippen LogP contribution < -0.4 is 4.74 Å². The number of aliphatic hydroxyl groups is 1. The van der Waals surface area contributed by atoms with Crippen LogP contribution in [-0.4, -0.2) is 60.6 Å². The quantitative estimate of drug-likeness (QED) is 0.838. The summed E-state index contributed by atoms with van der Waals surface area (Å²) < 4.78 is 5.38. The molecule has 128 valence electrons. The second-order valence-corrected chi connectivity index (χ2v) is 6.23. The molecule has 0 bridgehead atoms. The highest BCUT2D eigenvalue weighted by Gasteiger charge is 2.41. The van der Waals surface area contributed by atoms with E-state index in [2.05, 4.69) is 0 Å². The lowest BCUT2D eigenvalue weighted by molar-refractivity contribution is -0.136. The van der Waals surface area contributed by atoms with Gasteiger partial charge >= 0.3 is 0 Å². The highest BCUT2D eigenvalue weighted by atomic mass is 16.5. The molecule has 1 saturated heterocycles. The largest absolute Gasteiger partial charge is 0.496 e. The monoisotopic (exact) mass is 330 g/mol. The fourth-order valence-corrected chi connectivity index (χ4v) is 3.43. The first kappa shape index (κ1) is 16.5. The minimum Gasteiger partial charge on any atom is -0.496 e. The van der Waals surface area contributed by atoms with Gasteiger partial charge in [0.2, 0.25) is 0 Å². The first-order valence-corrected chi connectivity index (χ1v) is 8.14. The normalized spacial score (nSPS) is 21.7. The Morgan fingerprint density at radius 3 is 2.71 bits per heavy atom. The summed E-state index contributed by atoms with van der Waals surface area (Å²) in [6.45, 7) is 1.38. The molecule has 0 spiro atoms. The average molecular weight is 330 g/mol. The number of nitrogens with zero attached hydrogens (tertiary/aromatic N) is 2. The Morgan fingerprint density at radius 2 is 2.00 bits per heavy atom. The molecular weight excluding hydrogens is 308 g/mol. The summed E-state index contributed by atoms with van der Waals surface area (Å²) in [7, 11) is 3.05. The number of likely N-dealkylation sites (N-methyl/N-ethyl adjacent to an activating group) is 1. The van der Waals surface area contributed by atoms with E-state index in [4.69, 9.17) is 4.74 Å². The van der Waals surface area contributed by atoms with Crippen LogP contribution >= 0.6 is 0 Å². The van der Waals surface area contributed by atoms with Crippen LogP contribution in [-0.2, 0) is 9.59 Å². The highest BCUT2D eigenvalue weighted by Crippen LogP contribution is 2.36. The lowest BCUT2D eigenvalue weighted by Gasteiger charge is -2.34. The molecule has 1 fully saturated rings. The number of para-hydroxylation sites is 1. The molecule has 2 amide bonds. The van der Waals surface area contributed by atoms with E-state index in [1.807, 2.05) is 17.0 Å². The smallest absolute Gasteiger partial charge is 0.277 e. The van der Waals surface area contributed by atoms with Crippen LogP contribution in [0.25, 0.3) is 5.57 Å². The van der Waals surface area contributed by atoms with Crippen molar-refractivity contribution >= 4 is 17.4 Å². The molecule has 1 aromatic carbocycles. The summed E-state index contributed by atoms with van der Waals surface area (Å²) in [6, 6.07) is 7.23. The summed E-state index contributed by atoms with van der Waals surface area (Å²) in [5, 5.41) is 9.46. The molecule has 24 heavy (non-hydrogen) atoms. The molecule has 0 saturated carbocycles. The van der Waals surface area contributed by atoms with Gasteiger partial charge < -0.3 is 14.7 Å². The summed E-state index contributed by atoms with van der Waals surface area (Å²) >= 11 is 0. The molecule has 1 N–H and O–H groups in total. The number of likely N-dealkylation sites (tertiary alicyclic amines) is 1. The Bertz CT molecular complexity index is 698. The van der Waals surface area contributed by atoms with Gasteiger partial charge in [0.25, 0.3) is 11.8 Å². The number of amides is 2. The van der Waals surface area contributed by atoms with Crippen LogP contribution in [0.3, 0.4) is 0 Å². The van der Waals surface area contributed by atoms with Crippen molar-refractivity contribution in [1.29, 1.82) is 0 Å². The van der Waals surface area contributed by atoms with Crippen LogP contribution in [0.15, 0.2) is 30.0 Å². The minimum absolute atomic E-state index is 0.0890. The predicted octanol–water partition coefficient (Wildman–Crippen LogP) is 1.11. The number of imide groups is 1. The van der Waals surface area contributed by atoms with Crippen molar-refractivity contribution in [3.8, 4) is 5.75 Å². The van der Waals surface area contributed by atoms with E-state index in [9.17, 15) is 14.7 Å². The third-order valence-electron chi connectivity index (χ3n) is 4.73. The standard InChI is InChI=1S/C18H22N2O4/c1-19-17(22)15(13-7-3-4-8-14(13)24-2)16(18(19)23)20-9-5-6-12(10-20)11-21/h3-4,7-8,12,21H,5-6,9-11H2,1-2H3. The van der Waals surface area contributed by atoms with Crippen molar-refractivity contribution in [2.75, 3.05) is 33.9 Å². The number of rotatable bonds is 4. The number of piperidine rings is 1. The Balaban J connectivity index is 2.11. The molecule has 0 radical (unpaired) electrons. The molecule has 2 heterocycles. The van der Waals surface area contributed by atoms with E-state index >= 15 is 0 Å². The van der Waals surface area contributed by atoms with E-state index in [1.54, 1.807) is 19.2 Å². The van der Waals surface area contributed by atoms with Gasteiger partial charge in [-0.2, -0.15) is 0 Å². The summed E-state index contributed by atoms with van der Waals surface area (Å²) in [6.07, 6.45) is 1.82. The van der Waals surface area contributed by atoms with Crippen LogP contribution in [0.5, 0.6) is 5.75 Å². The van der Waals surface area contributed by atoms with Crippen molar-refractivity contribution < 1.29 is 19.4 Å². The van der Waals surface area contributed by atoms with Crippen molar-refractivity contribution in [3.63, 3.8) is 0 Å². The number of methoxy groups -OCH3 is 1. The average Bonchev–Trinajstić information content (AvgIpc) is 2.85. The fourth-order valence-electron chi connectivity index (χ4n) is 3.43. The number of ether oxygens (including phenoxy) is 1. The van der Waals surface area contributed by atoms with Gasteiger partial charge in [0.1, 0.15) is 11.4 Å². The van der Waals surface area contributed by atoms with Gasteiger partial charge in [-0.25, -0.2) is 0 Å². The maximum atomic E-state index is 12.7. The van der Waals surface area contributed by atoms with Crippen molar-refractivity contribution in [2.24, 2.45) is 5.92 Å². The molecule has 6 heteroatoms. The zero-order valence-corrected chi connectivity index (χ0v) is 14.0. The van der Waals surface area contributed by atoms with Crippen LogP contribution in [0.1, 0.15) is 18.4 Å². The lowest BCUT2D eigenvalue weighted by Crippen LogP contribution is -2.39. The predicted molar refractivity (Wildman–Crippen MR) is 89.1 cm³/mol. The Kier molecular flexibility index (Phi) is 4.57.